The second-order valence-electron chi connectivity index (χ2n) is 4.83. The predicted octanol–water partition coefficient (Wildman–Crippen LogP) is 1.63. The van der Waals surface area contributed by atoms with Gasteiger partial charge in [-0.3, -0.25) is 4.99 Å². The van der Waals surface area contributed by atoms with Crippen molar-refractivity contribution >= 4 is 5.96 Å². The van der Waals surface area contributed by atoms with E-state index in [-0.39, 0.29) is 5.54 Å². The van der Waals surface area contributed by atoms with Crippen LogP contribution in [0.15, 0.2) is 4.99 Å². The Bertz CT molecular complexity index is 185. The normalized spacial score (nSPS) is 20.7. The molecule has 0 aromatic carbocycles. The number of nitrogens with zero attached hydrogens (tertiary/aromatic N) is 1. The number of nitrogens with one attached hydrogen (secondary N) is 1. The van der Waals surface area contributed by atoms with Gasteiger partial charge in [-0.05, 0) is 33.6 Å². The van der Waals surface area contributed by atoms with Crippen LogP contribution in [0.3, 0.4) is 0 Å². The first kappa shape index (κ1) is 10.4. The molecule has 0 saturated heterocycles. The average molecular weight is 183 g/mol. The van der Waals surface area contributed by atoms with E-state index in [1.165, 1.54) is 25.7 Å². The van der Waals surface area contributed by atoms with Crippen LogP contribution in [0.4, 0.5) is 0 Å². The lowest BCUT2D eigenvalue weighted by atomic mass is 10.1. The molecule has 1 rings (SSSR count). The van der Waals surface area contributed by atoms with E-state index in [1.807, 2.05) is 0 Å². The van der Waals surface area contributed by atoms with Gasteiger partial charge in [0.05, 0.1) is 6.04 Å². The minimum Gasteiger partial charge on any atom is -0.370 e. The third-order valence-corrected chi connectivity index (χ3v) is 2.15. The van der Waals surface area contributed by atoms with Gasteiger partial charge in [-0.15, -0.1) is 0 Å². The molecule has 0 aromatic heterocycles. The molecular formula is C10H21N3. The van der Waals surface area contributed by atoms with Crippen molar-refractivity contribution in [2.75, 3.05) is 0 Å². The van der Waals surface area contributed by atoms with Crippen molar-refractivity contribution in [2.45, 2.75) is 58.0 Å². The lowest BCUT2D eigenvalue weighted by Crippen LogP contribution is -2.45. The van der Waals surface area contributed by atoms with Gasteiger partial charge in [0.2, 0.25) is 0 Å². The van der Waals surface area contributed by atoms with E-state index in [1.54, 1.807) is 0 Å². The second-order valence-corrected chi connectivity index (χ2v) is 4.83. The van der Waals surface area contributed by atoms with Crippen LogP contribution in [0.5, 0.6) is 0 Å². The molecule has 0 amide bonds. The first-order valence-electron chi connectivity index (χ1n) is 5.09. The van der Waals surface area contributed by atoms with Crippen molar-refractivity contribution in [3.05, 3.63) is 0 Å². The molecule has 0 atom stereocenters. The van der Waals surface area contributed by atoms with Gasteiger partial charge >= 0.3 is 0 Å². The van der Waals surface area contributed by atoms with Gasteiger partial charge in [0, 0.05) is 5.54 Å². The summed E-state index contributed by atoms with van der Waals surface area (Å²) in [5.74, 6) is 0.597. The molecule has 0 spiro atoms. The standard InChI is InChI=1S/C10H21N3/c1-10(2,3)13-9(11)12-8-6-4-5-7-8/h8H,4-7H2,1-3H3,(H3,11,12,13). The van der Waals surface area contributed by atoms with E-state index in [4.69, 9.17) is 5.73 Å². The highest BCUT2D eigenvalue weighted by Gasteiger charge is 2.15. The van der Waals surface area contributed by atoms with Crippen molar-refractivity contribution in [1.29, 1.82) is 0 Å². The maximum Gasteiger partial charge on any atom is 0.189 e. The van der Waals surface area contributed by atoms with Crippen molar-refractivity contribution in [3.63, 3.8) is 0 Å². The largest absolute Gasteiger partial charge is 0.370 e. The molecule has 0 heterocycles. The fraction of sp³-hybridized carbons (Fsp3) is 0.900. The third kappa shape index (κ3) is 4.15. The maximum atomic E-state index is 5.78. The fourth-order valence-corrected chi connectivity index (χ4v) is 1.65. The fourth-order valence-electron chi connectivity index (χ4n) is 1.65. The summed E-state index contributed by atoms with van der Waals surface area (Å²) in [6, 6.07) is 0.467. The Morgan fingerprint density at radius 3 is 2.31 bits per heavy atom. The molecule has 3 N–H and O–H groups in total. The molecule has 0 unspecified atom stereocenters. The zero-order valence-corrected chi connectivity index (χ0v) is 8.93. The Labute approximate surface area is 80.8 Å². The van der Waals surface area contributed by atoms with E-state index in [2.05, 4.69) is 31.1 Å². The summed E-state index contributed by atoms with van der Waals surface area (Å²) >= 11 is 0. The minimum absolute atomic E-state index is 0.0200. The molecule has 1 fully saturated rings. The van der Waals surface area contributed by atoms with Crippen molar-refractivity contribution in [2.24, 2.45) is 10.7 Å². The van der Waals surface area contributed by atoms with Crippen molar-refractivity contribution in [1.82, 2.24) is 5.32 Å². The first-order valence-corrected chi connectivity index (χ1v) is 5.09. The van der Waals surface area contributed by atoms with Gasteiger partial charge in [-0.2, -0.15) is 0 Å². The van der Waals surface area contributed by atoms with E-state index < -0.39 is 0 Å². The molecule has 0 aliphatic heterocycles. The molecule has 3 nitrogen and oxygen atoms in total. The molecule has 1 saturated carbocycles. The zero-order valence-electron chi connectivity index (χ0n) is 8.93. The van der Waals surface area contributed by atoms with Crippen LogP contribution in [0.25, 0.3) is 0 Å². The lowest BCUT2D eigenvalue weighted by Gasteiger charge is -2.21. The van der Waals surface area contributed by atoms with Crippen LogP contribution in [0, 0.1) is 0 Å². The molecule has 1 aliphatic rings. The van der Waals surface area contributed by atoms with Crippen LogP contribution in [0.2, 0.25) is 0 Å². The van der Waals surface area contributed by atoms with Gasteiger partial charge in [-0.25, -0.2) is 0 Å². The molecule has 1 aliphatic carbocycles. The Hall–Kier alpha value is -0.730. The zero-order chi connectivity index (χ0) is 9.90. The Balaban J connectivity index is 2.41. The first-order chi connectivity index (χ1) is 5.97. The van der Waals surface area contributed by atoms with E-state index in [9.17, 15) is 0 Å². The summed E-state index contributed by atoms with van der Waals surface area (Å²) in [6.07, 6.45) is 5.01. The highest BCUT2D eigenvalue weighted by atomic mass is 15.1. The van der Waals surface area contributed by atoms with Crippen LogP contribution in [-0.4, -0.2) is 17.5 Å². The number of hydrogen-bond donors (Lipinski definition) is 2. The van der Waals surface area contributed by atoms with Gasteiger partial charge in [0.1, 0.15) is 0 Å². The number of aliphatic imine (C=N–C) groups is 1. The van der Waals surface area contributed by atoms with E-state index in [0.29, 0.717) is 12.0 Å². The van der Waals surface area contributed by atoms with Crippen LogP contribution >= 0.6 is 0 Å². The smallest absolute Gasteiger partial charge is 0.189 e. The van der Waals surface area contributed by atoms with Gasteiger partial charge in [0.25, 0.3) is 0 Å². The van der Waals surface area contributed by atoms with Gasteiger partial charge < -0.3 is 11.1 Å². The summed E-state index contributed by atoms with van der Waals surface area (Å²) in [7, 11) is 0. The molecule has 3 heteroatoms. The molecule has 0 aromatic rings. The van der Waals surface area contributed by atoms with Gasteiger partial charge in [0.15, 0.2) is 5.96 Å². The lowest BCUT2D eigenvalue weighted by molar-refractivity contribution is 0.505. The van der Waals surface area contributed by atoms with Crippen molar-refractivity contribution < 1.29 is 0 Å². The van der Waals surface area contributed by atoms with Crippen LogP contribution in [-0.2, 0) is 0 Å². The molecular weight excluding hydrogens is 162 g/mol. The maximum absolute atomic E-state index is 5.78. The molecule has 13 heavy (non-hydrogen) atoms. The summed E-state index contributed by atoms with van der Waals surface area (Å²) in [5, 5.41) is 3.17. The number of hydrogen-bond acceptors (Lipinski definition) is 1. The topological polar surface area (TPSA) is 50.4 Å². The highest BCUT2D eigenvalue weighted by molar-refractivity contribution is 5.78. The summed E-state index contributed by atoms with van der Waals surface area (Å²) < 4.78 is 0. The van der Waals surface area contributed by atoms with E-state index >= 15 is 0 Å². The SMILES string of the molecule is CC(C)(C)NC(N)=NC1CCCC1. The summed E-state index contributed by atoms with van der Waals surface area (Å²) in [5.41, 5.74) is 5.80. The Morgan fingerprint density at radius 2 is 1.85 bits per heavy atom. The number of guanidine groups is 1. The average Bonchev–Trinajstić information content (AvgIpc) is 2.34. The Morgan fingerprint density at radius 1 is 1.31 bits per heavy atom. The number of rotatable bonds is 1. The van der Waals surface area contributed by atoms with Crippen LogP contribution in [0.1, 0.15) is 46.5 Å². The minimum atomic E-state index is 0.0200. The quantitative estimate of drug-likeness (QED) is 0.479. The summed E-state index contributed by atoms with van der Waals surface area (Å²) in [6.45, 7) is 6.26. The second kappa shape index (κ2) is 3.99. The monoisotopic (exact) mass is 183 g/mol. The van der Waals surface area contributed by atoms with Crippen LogP contribution < -0.4 is 11.1 Å². The summed E-state index contributed by atoms with van der Waals surface area (Å²) in [4.78, 5) is 4.44. The molecule has 0 bridgehead atoms. The van der Waals surface area contributed by atoms with E-state index in [0.717, 1.165) is 0 Å². The highest BCUT2D eigenvalue weighted by Crippen LogP contribution is 2.20. The number of nitrogens with two attached hydrogens (primary N) is 1. The molecule has 76 valence electrons. The Kier molecular flexibility index (Phi) is 3.17. The predicted molar refractivity (Wildman–Crippen MR) is 56.8 cm³/mol. The molecule has 0 radical (unpaired) electrons. The van der Waals surface area contributed by atoms with Gasteiger partial charge in [-0.1, -0.05) is 12.8 Å². The third-order valence-electron chi connectivity index (χ3n) is 2.15. The van der Waals surface area contributed by atoms with Crippen molar-refractivity contribution in [3.8, 4) is 0 Å².